The second kappa shape index (κ2) is 13.8. The number of rotatable bonds is 10. The van der Waals surface area contributed by atoms with Gasteiger partial charge in [0.1, 0.15) is 29.3 Å². The van der Waals surface area contributed by atoms with E-state index in [1.165, 1.54) is 11.5 Å². The van der Waals surface area contributed by atoms with E-state index in [4.69, 9.17) is 4.74 Å². The van der Waals surface area contributed by atoms with Gasteiger partial charge in [-0.3, -0.25) is 14.6 Å². The van der Waals surface area contributed by atoms with Crippen LogP contribution in [-0.4, -0.2) is 60.9 Å². The smallest absolute Gasteiger partial charge is 0.408 e. The molecule has 0 bridgehead atoms. The topological polar surface area (TPSA) is 106 Å². The third-order valence-electron chi connectivity index (χ3n) is 7.95. The molecule has 250 valence electrons. The Kier molecular flexibility index (Phi) is 10.2. The Morgan fingerprint density at radius 1 is 1.06 bits per heavy atom. The van der Waals surface area contributed by atoms with Crippen LogP contribution in [-0.2, 0) is 23.0 Å². The number of carbonyl (C=O) groups excluding carboxylic acids is 2. The minimum absolute atomic E-state index is 0.192. The van der Waals surface area contributed by atoms with Crippen LogP contribution < -0.4 is 21.1 Å². The van der Waals surface area contributed by atoms with Crippen LogP contribution in [0.4, 0.5) is 33.3 Å². The monoisotopic (exact) mass is 659 g/mol. The maximum absolute atomic E-state index is 15.0. The van der Waals surface area contributed by atoms with E-state index in [9.17, 15) is 36.3 Å². The molecule has 2 aromatic heterocycles. The molecule has 9 nitrogen and oxygen atoms in total. The molecule has 0 radical (unpaired) electrons. The van der Waals surface area contributed by atoms with Crippen molar-refractivity contribution in [1.82, 2.24) is 14.9 Å². The molecule has 0 saturated heterocycles. The van der Waals surface area contributed by atoms with E-state index >= 15 is 0 Å². The van der Waals surface area contributed by atoms with E-state index in [1.54, 1.807) is 43.6 Å². The third kappa shape index (κ3) is 7.21. The SMILES string of the molecule is CC[C@@H](Nc1cc(F)c(C(=O)N[C@@H](Cc2ccc(-c3cc(N(C)C)c(C)n(C)c3=O)c3ncccc23)C(=O)OC)c(F)c1)C(F)(F)F. The first-order valence-electron chi connectivity index (χ1n) is 14.5. The maximum Gasteiger partial charge on any atom is 0.408 e. The van der Waals surface area contributed by atoms with Gasteiger partial charge in [0, 0.05) is 56.1 Å². The molecule has 2 aromatic carbocycles. The highest BCUT2D eigenvalue weighted by atomic mass is 19.4. The molecule has 4 rings (SSSR count). The van der Waals surface area contributed by atoms with Crippen LogP contribution >= 0.6 is 0 Å². The lowest BCUT2D eigenvalue weighted by atomic mass is 9.95. The summed E-state index contributed by atoms with van der Waals surface area (Å²) < 4.78 is 75.8. The number of fused-ring (bicyclic) bond motifs is 1. The van der Waals surface area contributed by atoms with Crippen molar-refractivity contribution < 1.29 is 36.3 Å². The number of benzene rings is 2. The number of hydrogen-bond donors (Lipinski definition) is 2. The van der Waals surface area contributed by atoms with Crippen molar-refractivity contribution in [1.29, 1.82) is 0 Å². The second-order valence-corrected chi connectivity index (χ2v) is 11.2. The molecule has 0 saturated carbocycles. The number of aromatic nitrogens is 2. The van der Waals surface area contributed by atoms with Crippen LogP contribution in [0, 0.1) is 18.6 Å². The molecule has 2 N–H and O–H groups in total. The highest BCUT2D eigenvalue weighted by Gasteiger charge is 2.38. The van der Waals surface area contributed by atoms with Crippen molar-refractivity contribution >= 4 is 34.2 Å². The highest BCUT2D eigenvalue weighted by Crippen LogP contribution is 2.32. The quantitative estimate of drug-likeness (QED) is 0.171. The van der Waals surface area contributed by atoms with Gasteiger partial charge < -0.3 is 24.8 Å². The number of halogens is 5. The van der Waals surface area contributed by atoms with Gasteiger partial charge in [-0.15, -0.1) is 0 Å². The Bertz CT molecular complexity index is 1870. The molecular formula is C33H34F5N5O4. The van der Waals surface area contributed by atoms with Crippen LogP contribution in [0.3, 0.4) is 0 Å². The fourth-order valence-corrected chi connectivity index (χ4v) is 5.36. The second-order valence-electron chi connectivity index (χ2n) is 11.2. The molecule has 0 aliphatic heterocycles. The Labute approximate surface area is 267 Å². The fourth-order valence-electron chi connectivity index (χ4n) is 5.36. The number of hydrogen-bond acceptors (Lipinski definition) is 7. The lowest BCUT2D eigenvalue weighted by molar-refractivity contribution is -0.143. The Morgan fingerprint density at radius 2 is 1.72 bits per heavy atom. The van der Waals surface area contributed by atoms with Crippen molar-refractivity contribution in [3.63, 3.8) is 0 Å². The Hall–Kier alpha value is -5.01. The first-order chi connectivity index (χ1) is 22.1. The van der Waals surface area contributed by atoms with Crippen molar-refractivity contribution in [3.8, 4) is 11.1 Å². The summed E-state index contributed by atoms with van der Waals surface area (Å²) in [5, 5.41) is 4.87. The number of methoxy groups -OCH3 is 1. The summed E-state index contributed by atoms with van der Waals surface area (Å²) in [6.45, 7) is 3.09. The van der Waals surface area contributed by atoms with Gasteiger partial charge in [-0.2, -0.15) is 13.2 Å². The molecule has 0 spiro atoms. The summed E-state index contributed by atoms with van der Waals surface area (Å²) in [6, 6.07) is 6.13. The van der Waals surface area contributed by atoms with Gasteiger partial charge >= 0.3 is 12.1 Å². The number of pyridine rings is 2. The van der Waals surface area contributed by atoms with E-state index in [2.05, 4.69) is 10.3 Å². The average molecular weight is 660 g/mol. The number of carbonyl (C=O) groups is 2. The average Bonchev–Trinajstić information content (AvgIpc) is 3.01. The van der Waals surface area contributed by atoms with Gasteiger partial charge in [-0.05, 0) is 43.2 Å². The molecule has 1 amide bonds. The van der Waals surface area contributed by atoms with Crippen molar-refractivity contribution in [2.24, 2.45) is 7.05 Å². The predicted octanol–water partition coefficient (Wildman–Crippen LogP) is 5.52. The number of esters is 1. The molecule has 0 aliphatic carbocycles. The summed E-state index contributed by atoms with van der Waals surface area (Å²) in [4.78, 5) is 45.6. The zero-order valence-corrected chi connectivity index (χ0v) is 26.6. The molecule has 2 atom stereocenters. The van der Waals surface area contributed by atoms with Gasteiger partial charge in [-0.1, -0.05) is 25.1 Å². The molecule has 0 aliphatic rings. The Balaban J connectivity index is 1.69. The van der Waals surface area contributed by atoms with Crippen LogP contribution in [0.25, 0.3) is 22.0 Å². The van der Waals surface area contributed by atoms with Crippen LogP contribution in [0.2, 0.25) is 0 Å². The van der Waals surface area contributed by atoms with Crippen LogP contribution in [0.1, 0.15) is 35.0 Å². The molecule has 0 unspecified atom stereocenters. The summed E-state index contributed by atoms with van der Waals surface area (Å²) in [5.74, 6) is -5.09. The van der Waals surface area contributed by atoms with Gasteiger partial charge in [0.05, 0.1) is 23.9 Å². The largest absolute Gasteiger partial charge is 0.467 e. The molecule has 47 heavy (non-hydrogen) atoms. The van der Waals surface area contributed by atoms with E-state index in [0.29, 0.717) is 39.7 Å². The fraction of sp³-hybridized carbons (Fsp3) is 0.333. The molecule has 14 heteroatoms. The molecule has 4 aromatic rings. The van der Waals surface area contributed by atoms with Crippen LogP contribution in [0.15, 0.2) is 53.5 Å². The molecule has 2 heterocycles. The van der Waals surface area contributed by atoms with E-state index in [-0.39, 0.29) is 12.0 Å². The number of amides is 1. The van der Waals surface area contributed by atoms with E-state index in [0.717, 1.165) is 18.5 Å². The van der Waals surface area contributed by atoms with Crippen molar-refractivity contribution in [2.75, 3.05) is 31.4 Å². The number of anilines is 2. The highest BCUT2D eigenvalue weighted by molar-refractivity contribution is 5.99. The zero-order valence-electron chi connectivity index (χ0n) is 26.6. The van der Waals surface area contributed by atoms with Gasteiger partial charge in [-0.25, -0.2) is 13.6 Å². The molecule has 0 fully saturated rings. The first kappa shape index (κ1) is 34.9. The summed E-state index contributed by atoms with van der Waals surface area (Å²) in [7, 11) is 6.46. The summed E-state index contributed by atoms with van der Waals surface area (Å²) in [6.07, 6.45) is -3.72. The summed E-state index contributed by atoms with van der Waals surface area (Å²) >= 11 is 0. The number of nitrogens with one attached hydrogen (secondary N) is 2. The number of alkyl halides is 3. The lowest BCUT2D eigenvalue weighted by Gasteiger charge is -2.22. The predicted molar refractivity (Wildman–Crippen MR) is 169 cm³/mol. The minimum atomic E-state index is -4.67. The lowest BCUT2D eigenvalue weighted by Crippen LogP contribution is -2.43. The zero-order chi connectivity index (χ0) is 34.8. The number of ether oxygens (including phenoxy) is 1. The number of nitrogens with zero attached hydrogens (tertiary/aromatic N) is 3. The van der Waals surface area contributed by atoms with Crippen LogP contribution in [0.5, 0.6) is 0 Å². The van der Waals surface area contributed by atoms with Crippen molar-refractivity contribution in [3.05, 3.63) is 87.5 Å². The standard InChI is InChI=1S/C33H34F5N5O4/c1-7-27(33(36,37)38)40-19-14-23(34)28(24(35)15-19)30(44)41-25(32(46)47-6)13-18-10-11-21(29-20(18)9-8-12-39-29)22-16-26(42(3)4)17(2)43(5)31(22)45/h8-12,14-16,25,27,40H,7,13H2,1-6H3,(H,41,44)/t25-,27+/m0/s1. The normalized spacial score (nSPS) is 12.8. The Morgan fingerprint density at radius 3 is 2.30 bits per heavy atom. The minimum Gasteiger partial charge on any atom is -0.467 e. The van der Waals surface area contributed by atoms with Crippen molar-refractivity contribution in [2.45, 2.75) is 44.9 Å². The van der Waals surface area contributed by atoms with Gasteiger partial charge in [0.15, 0.2) is 0 Å². The first-order valence-corrected chi connectivity index (χ1v) is 14.5. The summed E-state index contributed by atoms with van der Waals surface area (Å²) in [5.41, 5.74) is 1.60. The van der Waals surface area contributed by atoms with E-state index in [1.807, 2.05) is 31.2 Å². The maximum atomic E-state index is 15.0. The molecular weight excluding hydrogens is 625 g/mol. The van der Waals surface area contributed by atoms with Gasteiger partial charge in [0.2, 0.25) is 0 Å². The van der Waals surface area contributed by atoms with Gasteiger partial charge in [0.25, 0.3) is 11.5 Å². The third-order valence-corrected chi connectivity index (χ3v) is 7.95. The van der Waals surface area contributed by atoms with E-state index < -0.39 is 59.4 Å².